The molecule has 0 amide bonds. The van der Waals surface area contributed by atoms with Gasteiger partial charge in [-0.3, -0.25) is 0 Å². The van der Waals surface area contributed by atoms with Crippen LogP contribution in [0.4, 0.5) is 0 Å². The smallest absolute Gasteiger partial charge is 0.227 e. The normalized spacial score (nSPS) is 33.8. The van der Waals surface area contributed by atoms with Crippen molar-refractivity contribution in [3.8, 4) is 0 Å². The Morgan fingerprint density at radius 3 is 2.93 bits per heavy atom. The third-order valence-electron chi connectivity index (χ3n) is 3.86. The van der Waals surface area contributed by atoms with Crippen molar-refractivity contribution in [1.82, 2.24) is 10.1 Å². The van der Waals surface area contributed by atoms with Crippen molar-refractivity contribution in [3.63, 3.8) is 0 Å². The highest BCUT2D eigenvalue weighted by Gasteiger charge is 2.42. The van der Waals surface area contributed by atoms with E-state index in [0.717, 1.165) is 17.7 Å². The maximum absolute atomic E-state index is 5.64. The summed E-state index contributed by atoms with van der Waals surface area (Å²) in [7, 11) is 0. The lowest BCUT2D eigenvalue weighted by Crippen LogP contribution is -2.10. The van der Waals surface area contributed by atoms with Crippen LogP contribution < -0.4 is 0 Å². The highest BCUT2D eigenvalue weighted by molar-refractivity contribution is 6.17. The molecule has 0 aliphatic heterocycles. The maximum atomic E-state index is 5.64. The zero-order valence-corrected chi connectivity index (χ0v) is 9.41. The fourth-order valence-electron chi connectivity index (χ4n) is 3.16. The maximum Gasteiger partial charge on any atom is 0.227 e. The van der Waals surface area contributed by atoms with E-state index in [4.69, 9.17) is 16.1 Å². The molecule has 0 radical (unpaired) electrons. The second kappa shape index (κ2) is 3.78. The summed E-state index contributed by atoms with van der Waals surface area (Å²) < 4.78 is 5.18. The van der Waals surface area contributed by atoms with E-state index in [1.165, 1.54) is 25.7 Å². The van der Waals surface area contributed by atoms with Gasteiger partial charge in [-0.1, -0.05) is 11.6 Å². The van der Waals surface area contributed by atoms with Gasteiger partial charge in [-0.15, -0.1) is 11.6 Å². The van der Waals surface area contributed by atoms with Crippen LogP contribution in [0.2, 0.25) is 0 Å². The van der Waals surface area contributed by atoms with Crippen LogP contribution in [-0.4, -0.2) is 16.0 Å². The van der Waals surface area contributed by atoms with E-state index >= 15 is 0 Å². The summed E-state index contributed by atoms with van der Waals surface area (Å²) in [5, 5.41) is 4.09. The average Bonchev–Trinajstić information content (AvgIpc) is 2.91. The van der Waals surface area contributed by atoms with Crippen LogP contribution in [0.3, 0.4) is 0 Å². The third kappa shape index (κ3) is 1.67. The van der Waals surface area contributed by atoms with Gasteiger partial charge < -0.3 is 4.52 Å². The molecule has 3 atom stereocenters. The van der Waals surface area contributed by atoms with Crippen LogP contribution in [0.5, 0.6) is 0 Å². The first kappa shape index (κ1) is 9.64. The molecule has 2 aliphatic rings. The average molecular weight is 227 g/mol. The van der Waals surface area contributed by atoms with E-state index in [-0.39, 0.29) is 0 Å². The van der Waals surface area contributed by atoms with E-state index in [0.29, 0.717) is 24.1 Å². The van der Waals surface area contributed by atoms with Gasteiger partial charge in [-0.2, -0.15) is 4.98 Å². The fraction of sp³-hybridized carbons (Fsp3) is 0.818. The minimum atomic E-state index is 0.554. The highest BCUT2D eigenvalue weighted by Crippen LogP contribution is 2.52. The molecule has 2 bridgehead atoms. The summed E-state index contributed by atoms with van der Waals surface area (Å²) in [6.45, 7) is 0. The van der Waals surface area contributed by atoms with Gasteiger partial charge in [0, 0.05) is 18.2 Å². The predicted molar refractivity (Wildman–Crippen MR) is 56.9 cm³/mol. The van der Waals surface area contributed by atoms with E-state index in [1.54, 1.807) is 0 Å². The standard InChI is InChI=1S/C11H15ClN2O/c12-4-3-10-13-11(14-15-10)9-6-7-1-2-8(9)5-7/h7-9H,1-6H2. The number of rotatable bonds is 3. The molecular formula is C11H15ClN2O. The van der Waals surface area contributed by atoms with Crippen molar-refractivity contribution in [3.05, 3.63) is 11.7 Å². The second-order valence-corrected chi connectivity index (χ2v) is 5.14. The van der Waals surface area contributed by atoms with Gasteiger partial charge in [0.15, 0.2) is 5.82 Å². The topological polar surface area (TPSA) is 38.9 Å². The van der Waals surface area contributed by atoms with Crippen molar-refractivity contribution >= 4 is 11.6 Å². The van der Waals surface area contributed by atoms with Gasteiger partial charge in [0.05, 0.1) is 0 Å². The van der Waals surface area contributed by atoms with Gasteiger partial charge >= 0.3 is 0 Å². The first-order chi connectivity index (χ1) is 7.36. The van der Waals surface area contributed by atoms with Crippen LogP contribution >= 0.6 is 11.6 Å². The van der Waals surface area contributed by atoms with E-state index in [1.807, 2.05) is 0 Å². The molecule has 0 saturated heterocycles. The quantitative estimate of drug-likeness (QED) is 0.744. The number of alkyl halides is 1. The summed E-state index contributed by atoms with van der Waals surface area (Å²) in [4.78, 5) is 4.44. The van der Waals surface area contributed by atoms with Crippen LogP contribution in [-0.2, 0) is 6.42 Å². The first-order valence-corrected chi connectivity index (χ1v) is 6.28. The molecule has 1 aromatic heterocycles. The highest BCUT2D eigenvalue weighted by atomic mass is 35.5. The molecule has 0 aromatic carbocycles. The van der Waals surface area contributed by atoms with Gasteiger partial charge in [0.2, 0.25) is 5.89 Å². The molecule has 2 saturated carbocycles. The summed E-state index contributed by atoms with van der Waals surface area (Å²) in [5.41, 5.74) is 0. The van der Waals surface area contributed by atoms with Crippen LogP contribution in [0.25, 0.3) is 0 Å². The zero-order chi connectivity index (χ0) is 10.3. The SMILES string of the molecule is ClCCc1nc(C2CC3CCC2C3)no1. The molecule has 2 aliphatic carbocycles. The largest absolute Gasteiger partial charge is 0.339 e. The minimum absolute atomic E-state index is 0.554. The molecule has 1 aromatic rings. The summed E-state index contributed by atoms with van der Waals surface area (Å²) >= 11 is 5.64. The number of aryl methyl sites for hydroxylation is 1. The molecule has 4 heteroatoms. The lowest BCUT2D eigenvalue weighted by atomic mass is 9.88. The Labute approximate surface area is 94.2 Å². The Hall–Kier alpha value is -0.570. The molecule has 82 valence electrons. The van der Waals surface area contributed by atoms with Gasteiger partial charge in [-0.25, -0.2) is 0 Å². The molecule has 3 nitrogen and oxygen atoms in total. The molecular weight excluding hydrogens is 212 g/mol. The Morgan fingerprint density at radius 1 is 1.33 bits per heavy atom. The molecule has 3 rings (SSSR count). The number of aromatic nitrogens is 2. The molecule has 15 heavy (non-hydrogen) atoms. The fourth-order valence-corrected chi connectivity index (χ4v) is 3.32. The molecule has 0 spiro atoms. The number of halogens is 1. The Balaban J connectivity index is 1.75. The predicted octanol–water partition coefficient (Wildman–Crippen LogP) is 2.75. The lowest BCUT2D eigenvalue weighted by Gasteiger charge is -2.17. The third-order valence-corrected chi connectivity index (χ3v) is 4.05. The van der Waals surface area contributed by atoms with Gasteiger partial charge in [0.1, 0.15) is 0 Å². The minimum Gasteiger partial charge on any atom is -0.339 e. The molecule has 0 N–H and O–H groups in total. The van der Waals surface area contributed by atoms with Crippen molar-refractivity contribution < 1.29 is 4.52 Å². The Kier molecular flexibility index (Phi) is 2.43. The van der Waals surface area contributed by atoms with Crippen molar-refractivity contribution in [1.29, 1.82) is 0 Å². The summed E-state index contributed by atoms with van der Waals surface area (Å²) in [6.07, 6.45) is 6.10. The Morgan fingerprint density at radius 2 is 2.27 bits per heavy atom. The van der Waals surface area contributed by atoms with Crippen molar-refractivity contribution in [2.24, 2.45) is 11.8 Å². The number of fused-ring (bicyclic) bond motifs is 2. The van der Waals surface area contributed by atoms with Crippen molar-refractivity contribution in [2.45, 2.75) is 38.0 Å². The van der Waals surface area contributed by atoms with E-state index in [9.17, 15) is 0 Å². The second-order valence-electron chi connectivity index (χ2n) is 4.77. The molecule has 2 fully saturated rings. The zero-order valence-electron chi connectivity index (χ0n) is 8.66. The van der Waals surface area contributed by atoms with Crippen LogP contribution in [0, 0.1) is 11.8 Å². The number of nitrogens with zero attached hydrogens (tertiary/aromatic N) is 2. The number of hydrogen-bond donors (Lipinski definition) is 0. The Bertz CT molecular complexity index is 352. The van der Waals surface area contributed by atoms with Gasteiger partial charge in [-0.05, 0) is 31.1 Å². The van der Waals surface area contributed by atoms with E-state index < -0.39 is 0 Å². The molecule has 3 unspecified atom stereocenters. The van der Waals surface area contributed by atoms with E-state index in [2.05, 4.69) is 10.1 Å². The summed E-state index contributed by atoms with van der Waals surface area (Å²) in [6, 6.07) is 0. The van der Waals surface area contributed by atoms with Crippen molar-refractivity contribution in [2.75, 3.05) is 5.88 Å². The lowest BCUT2D eigenvalue weighted by molar-refractivity contribution is 0.353. The monoisotopic (exact) mass is 226 g/mol. The molecule has 1 heterocycles. The van der Waals surface area contributed by atoms with Crippen LogP contribution in [0.1, 0.15) is 43.3 Å². The van der Waals surface area contributed by atoms with Gasteiger partial charge in [0.25, 0.3) is 0 Å². The van der Waals surface area contributed by atoms with Crippen LogP contribution in [0.15, 0.2) is 4.52 Å². The first-order valence-electron chi connectivity index (χ1n) is 5.75. The summed E-state index contributed by atoms with van der Waals surface area (Å²) in [5.74, 6) is 4.49. The number of hydrogen-bond acceptors (Lipinski definition) is 3.